The van der Waals surface area contributed by atoms with Crippen LogP contribution in [0.15, 0.2) is 46.3 Å². The fraction of sp³-hybridized carbons (Fsp3) is 0.273. The number of hydrogen-bond acceptors (Lipinski definition) is 4. The molecule has 0 aromatic heterocycles. The number of rotatable bonds is 3. The summed E-state index contributed by atoms with van der Waals surface area (Å²) < 4.78 is 14.5. The van der Waals surface area contributed by atoms with Crippen molar-refractivity contribution in [2.45, 2.75) is 26.7 Å². The predicted molar refractivity (Wildman–Crippen MR) is 115 cm³/mol. The fourth-order valence-electron chi connectivity index (χ4n) is 3.50. The molecular formula is C22H22FN3OS. The van der Waals surface area contributed by atoms with E-state index in [0.717, 1.165) is 37.2 Å². The van der Waals surface area contributed by atoms with E-state index in [0.29, 0.717) is 21.3 Å². The van der Waals surface area contributed by atoms with Gasteiger partial charge < -0.3 is 10.2 Å². The first kappa shape index (κ1) is 18.7. The van der Waals surface area contributed by atoms with Gasteiger partial charge in [0.05, 0.1) is 16.3 Å². The van der Waals surface area contributed by atoms with Crippen molar-refractivity contribution < 1.29 is 9.18 Å². The Balaban J connectivity index is 1.54. The first-order valence-electron chi connectivity index (χ1n) is 9.41. The molecule has 2 aromatic rings. The van der Waals surface area contributed by atoms with Gasteiger partial charge in [0, 0.05) is 13.1 Å². The van der Waals surface area contributed by atoms with Crippen LogP contribution in [0, 0.1) is 19.7 Å². The van der Waals surface area contributed by atoms with Gasteiger partial charge in [-0.1, -0.05) is 23.8 Å². The Morgan fingerprint density at radius 1 is 1.14 bits per heavy atom. The molecule has 0 unspecified atom stereocenters. The van der Waals surface area contributed by atoms with E-state index in [-0.39, 0.29) is 11.7 Å². The number of amides is 1. The number of aliphatic imine (C=N–C) groups is 1. The van der Waals surface area contributed by atoms with E-state index in [2.05, 4.69) is 21.3 Å². The lowest BCUT2D eigenvalue weighted by atomic mass is 10.1. The molecule has 6 heteroatoms. The number of nitrogens with zero attached hydrogens (tertiary/aromatic N) is 2. The number of halogens is 1. The normalized spacial score (nSPS) is 19.7. The Bertz CT molecular complexity index is 993. The maximum atomic E-state index is 14.5. The van der Waals surface area contributed by atoms with Crippen molar-refractivity contribution in [3.05, 3.63) is 63.8 Å². The van der Waals surface area contributed by atoms with Crippen LogP contribution in [0.1, 0.15) is 29.5 Å². The summed E-state index contributed by atoms with van der Waals surface area (Å²) in [7, 11) is 0. The van der Waals surface area contributed by atoms with Crippen LogP contribution in [0.4, 0.5) is 15.8 Å². The molecule has 0 spiro atoms. The second-order valence-electron chi connectivity index (χ2n) is 7.18. The molecule has 144 valence electrons. The Kier molecular flexibility index (Phi) is 5.22. The Morgan fingerprint density at radius 3 is 2.64 bits per heavy atom. The summed E-state index contributed by atoms with van der Waals surface area (Å²) in [6.45, 7) is 5.82. The highest BCUT2D eigenvalue weighted by Gasteiger charge is 2.24. The van der Waals surface area contributed by atoms with Gasteiger partial charge in [-0.05, 0) is 73.9 Å². The number of carbonyl (C=O) groups is 1. The third-order valence-corrected chi connectivity index (χ3v) is 5.85. The van der Waals surface area contributed by atoms with Gasteiger partial charge in [0.1, 0.15) is 5.82 Å². The van der Waals surface area contributed by atoms with Crippen LogP contribution in [-0.4, -0.2) is 24.2 Å². The standard InChI is InChI=1S/C22H22FN3OS/c1-14-5-7-18(15(2)11-14)24-22-25-21(27)20(28-22)13-16-6-8-19(17(23)12-16)26-9-3-4-10-26/h5-8,11-13H,3-4,9-10H2,1-2H3,(H,24,25,27)/b20-13-. The monoisotopic (exact) mass is 395 g/mol. The minimum atomic E-state index is -0.246. The molecule has 0 atom stereocenters. The smallest absolute Gasteiger partial charge is 0.264 e. The summed E-state index contributed by atoms with van der Waals surface area (Å²) >= 11 is 1.27. The second-order valence-corrected chi connectivity index (χ2v) is 8.21. The third kappa shape index (κ3) is 3.97. The second kappa shape index (κ2) is 7.80. The lowest BCUT2D eigenvalue weighted by Crippen LogP contribution is -2.19. The van der Waals surface area contributed by atoms with Crippen LogP contribution in [0.3, 0.4) is 0 Å². The predicted octanol–water partition coefficient (Wildman–Crippen LogP) is 4.93. The average molecular weight is 396 g/mol. The molecule has 1 amide bonds. The maximum Gasteiger partial charge on any atom is 0.264 e. The fourth-order valence-corrected chi connectivity index (χ4v) is 4.33. The summed E-state index contributed by atoms with van der Waals surface area (Å²) in [6.07, 6.45) is 3.91. The highest BCUT2D eigenvalue weighted by molar-refractivity contribution is 8.18. The molecule has 0 aliphatic carbocycles. The van der Waals surface area contributed by atoms with Crippen molar-refractivity contribution in [2.24, 2.45) is 4.99 Å². The molecule has 1 N–H and O–H groups in total. The van der Waals surface area contributed by atoms with Gasteiger partial charge in [-0.3, -0.25) is 4.79 Å². The minimum absolute atomic E-state index is 0.211. The number of amidine groups is 1. The first-order valence-corrected chi connectivity index (χ1v) is 10.2. The zero-order valence-corrected chi connectivity index (χ0v) is 16.8. The number of hydrogen-bond donors (Lipinski definition) is 1. The van der Waals surface area contributed by atoms with Gasteiger partial charge in [-0.15, -0.1) is 0 Å². The molecule has 0 radical (unpaired) electrons. The third-order valence-electron chi connectivity index (χ3n) is 4.94. The van der Waals surface area contributed by atoms with E-state index < -0.39 is 0 Å². The highest BCUT2D eigenvalue weighted by atomic mass is 32.2. The van der Waals surface area contributed by atoms with Crippen molar-refractivity contribution in [1.29, 1.82) is 0 Å². The molecule has 0 saturated carbocycles. The number of aryl methyl sites for hydroxylation is 2. The van der Waals surface area contributed by atoms with Crippen molar-refractivity contribution in [2.75, 3.05) is 18.0 Å². The Morgan fingerprint density at radius 2 is 1.93 bits per heavy atom. The van der Waals surface area contributed by atoms with E-state index in [9.17, 15) is 9.18 Å². The lowest BCUT2D eigenvalue weighted by Gasteiger charge is -2.18. The number of benzene rings is 2. The van der Waals surface area contributed by atoms with Gasteiger partial charge in [0.25, 0.3) is 5.91 Å². The van der Waals surface area contributed by atoms with E-state index in [1.807, 2.05) is 32.0 Å². The van der Waals surface area contributed by atoms with Crippen molar-refractivity contribution in [3.8, 4) is 0 Å². The summed E-state index contributed by atoms with van der Waals surface area (Å²) in [6, 6.07) is 11.1. The van der Waals surface area contributed by atoms with Crippen LogP contribution in [0.25, 0.3) is 6.08 Å². The van der Waals surface area contributed by atoms with Gasteiger partial charge >= 0.3 is 0 Å². The molecule has 2 aromatic carbocycles. The summed E-state index contributed by atoms with van der Waals surface area (Å²) in [5, 5.41) is 3.33. The SMILES string of the molecule is Cc1ccc(N=C2NC(=O)/C(=C/c3ccc(N4CCCC4)c(F)c3)S2)c(C)c1. The molecule has 2 fully saturated rings. The molecule has 2 aliphatic heterocycles. The molecule has 2 heterocycles. The number of anilines is 1. The maximum absolute atomic E-state index is 14.5. The van der Waals surface area contributed by atoms with Crippen LogP contribution in [-0.2, 0) is 4.79 Å². The molecule has 0 bridgehead atoms. The average Bonchev–Trinajstić information content (AvgIpc) is 3.28. The first-order chi connectivity index (χ1) is 13.5. The van der Waals surface area contributed by atoms with Crippen LogP contribution >= 0.6 is 11.8 Å². The number of nitrogens with one attached hydrogen (secondary N) is 1. The highest BCUT2D eigenvalue weighted by Crippen LogP contribution is 2.31. The Labute approximate surface area is 168 Å². The van der Waals surface area contributed by atoms with Crippen LogP contribution in [0.5, 0.6) is 0 Å². The van der Waals surface area contributed by atoms with Gasteiger partial charge in [0.15, 0.2) is 5.17 Å². The zero-order chi connectivity index (χ0) is 19.7. The van der Waals surface area contributed by atoms with Gasteiger partial charge in [-0.2, -0.15) is 0 Å². The summed E-state index contributed by atoms with van der Waals surface area (Å²) in [4.78, 5) is 19.4. The van der Waals surface area contributed by atoms with E-state index in [1.54, 1.807) is 12.1 Å². The molecule has 4 rings (SSSR count). The quantitative estimate of drug-likeness (QED) is 0.749. The molecular weight excluding hydrogens is 373 g/mol. The largest absolute Gasteiger partial charge is 0.369 e. The van der Waals surface area contributed by atoms with E-state index >= 15 is 0 Å². The molecule has 28 heavy (non-hydrogen) atoms. The molecule has 2 saturated heterocycles. The van der Waals surface area contributed by atoms with Gasteiger partial charge in [0.2, 0.25) is 0 Å². The zero-order valence-electron chi connectivity index (χ0n) is 16.0. The topological polar surface area (TPSA) is 44.7 Å². The molecule has 4 nitrogen and oxygen atoms in total. The summed E-state index contributed by atoms with van der Waals surface area (Å²) in [5.41, 5.74) is 4.37. The van der Waals surface area contributed by atoms with Crippen molar-refractivity contribution in [3.63, 3.8) is 0 Å². The van der Waals surface area contributed by atoms with Crippen LogP contribution in [0.2, 0.25) is 0 Å². The number of carbonyl (C=O) groups excluding carboxylic acids is 1. The summed E-state index contributed by atoms with van der Waals surface area (Å²) in [5.74, 6) is -0.457. The van der Waals surface area contributed by atoms with Crippen molar-refractivity contribution in [1.82, 2.24) is 5.32 Å². The Hall–Kier alpha value is -2.60. The van der Waals surface area contributed by atoms with Crippen molar-refractivity contribution >= 4 is 40.3 Å². The minimum Gasteiger partial charge on any atom is -0.369 e. The number of thioether (sulfide) groups is 1. The van der Waals surface area contributed by atoms with E-state index in [1.165, 1.54) is 23.4 Å². The van der Waals surface area contributed by atoms with Crippen LogP contribution < -0.4 is 10.2 Å². The van der Waals surface area contributed by atoms with E-state index in [4.69, 9.17) is 0 Å². The molecule has 2 aliphatic rings. The lowest BCUT2D eigenvalue weighted by molar-refractivity contribution is -0.115. The van der Waals surface area contributed by atoms with Gasteiger partial charge in [-0.25, -0.2) is 9.38 Å².